The minimum Gasteiger partial charge on any atom is -0.464 e. The summed E-state index contributed by atoms with van der Waals surface area (Å²) in [5.74, 6) is -2.32. The van der Waals surface area contributed by atoms with E-state index in [1.54, 1.807) is 38.1 Å². The zero-order chi connectivity index (χ0) is 17.5. The summed E-state index contributed by atoms with van der Waals surface area (Å²) in [6.45, 7) is 3.38. The molecular weight excluding hydrogens is 322 g/mol. The van der Waals surface area contributed by atoms with Crippen LogP contribution in [-0.2, 0) is 24.4 Å². The third-order valence-electron chi connectivity index (χ3n) is 3.24. The van der Waals surface area contributed by atoms with E-state index in [9.17, 15) is 18.0 Å². The van der Waals surface area contributed by atoms with Gasteiger partial charge in [-0.25, -0.2) is 4.79 Å². The van der Waals surface area contributed by atoms with E-state index >= 15 is 0 Å². The van der Waals surface area contributed by atoms with Crippen LogP contribution in [0.5, 0.6) is 0 Å². The Labute approximate surface area is 135 Å². The lowest BCUT2D eigenvalue weighted by molar-refractivity contribution is -0.147. The standard InChI is InChI=1S/C15H21NO6S/c1-3-22-15(18)13(9-10-23(19,20)21)16-14(17)11(2)12-7-5-4-6-8-12/h4-8,11,13H,3,9-10H2,1-2H3,(H,16,17)(H,19,20,21)/t11?,13-/m0/s1. The molecule has 128 valence electrons. The van der Waals surface area contributed by atoms with Crippen LogP contribution in [0.25, 0.3) is 0 Å². The molecule has 0 aliphatic heterocycles. The molecule has 0 aliphatic rings. The lowest BCUT2D eigenvalue weighted by Gasteiger charge is -2.19. The topological polar surface area (TPSA) is 110 Å². The summed E-state index contributed by atoms with van der Waals surface area (Å²) in [7, 11) is -4.23. The molecule has 7 nitrogen and oxygen atoms in total. The number of ether oxygens (including phenoxy) is 1. The van der Waals surface area contributed by atoms with Crippen molar-refractivity contribution in [2.24, 2.45) is 0 Å². The molecule has 0 aromatic heterocycles. The first-order valence-corrected chi connectivity index (χ1v) is 8.82. The molecular formula is C15H21NO6S. The van der Waals surface area contributed by atoms with Crippen molar-refractivity contribution < 1.29 is 27.3 Å². The van der Waals surface area contributed by atoms with Gasteiger partial charge >= 0.3 is 5.97 Å². The normalized spacial score (nSPS) is 13.9. The predicted octanol–water partition coefficient (Wildman–Crippen LogP) is 1.12. The fraction of sp³-hybridized carbons (Fsp3) is 0.467. The second kappa shape index (κ2) is 8.64. The first-order chi connectivity index (χ1) is 10.7. The first-order valence-electron chi connectivity index (χ1n) is 7.21. The molecule has 1 unspecified atom stereocenters. The molecule has 0 saturated heterocycles. The Balaban J connectivity index is 2.78. The molecule has 0 heterocycles. The van der Waals surface area contributed by atoms with Crippen molar-refractivity contribution in [1.82, 2.24) is 5.32 Å². The van der Waals surface area contributed by atoms with Gasteiger partial charge in [-0.05, 0) is 25.8 Å². The fourth-order valence-electron chi connectivity index (χ4n) is 1.95. The van der Waals surface area contributed by atoms with Gasteiger partial charge in [-0.1, -0.05) is 30.3 Å². The molecule has 23 heavy (non-hydrogen) atoms. The molecule has 0 radical (unpaired) electrons. The van der Waals surface area contributed by atoms with Crippen LogP contribution in [0.1, 0.15) is 31.7 Å². The molecule has 0 aliphatic carbocycles. The first kappa shape index (κ1) is 19.1. The molecule has 0 saturated carbocycles. The van der Waals surface area contributed by atoms with Crippen molar-refractivity contribution in [3.8, 4) is 0 Å². The van der Waals surface area contributed by atoms with Gasteiger partial charge in [0, 0.05) is 0 Å². The van der Waals surface area contributed by atoms with Crippen molar-refractivity contribution in [2.75, 3.05) is 12.4 Å². The van der Waals surface area contributed by atoms with E-state index < -0.39 is 39.7 Å². The Hall–Kier alpha value is -1.93. The largest absolute Gasteiger partial charge is 0.464 e. The quantitative estimate of drug-likeness (QED) is 0.540. The lowest BCUT2D eigenvalue weighted by atomic mass is 10.00. The van der Waals surface area contributed by atoms with Gasteiger partial charge in [-0.15, -0.1) is 0 Å². The molecule has 2 atom stereocenters. The number of hydrogen-bond acceptors (Lipinski definition) is 5. The molecule has 2 N–H and O–H groups in total. The summed E-state index contributed by atoms with van der Waals surface area (Å²) in [6.07, 6.45) is -0.259. The number of amides is 1. The summed E-state index contributed by atoms with van der Waals surface area (Å²) >= 11 is 0. The van der Waals surface area contributed by atoms with E-state index in [0.29, 0.717) is 0 Å². The van der Waals surface area contributed by atoms with E-state index in [1.165, 1.54) is 0 Å². The van der Waals surface area contributed by atoms with Crippen molar-refractivity contribution in [2.45, 2.75) is 32.2 Å². The van der Waals surface area contributed by atoms with E-state index in [0.717, 1.165) is 5.56 Å². The van der Waals surface area contributed by atoms with Gasteiger partial charge in [0.2, 0.25) is 5.91 Å². The van der Waals surface area contributed by atoms with E-state index in [2.05, 4.69) is 5.32 Å². The van der Waals surface area contributed by atoms with Crippen LogP contribution in [-0.4, -0.2) is 43.2 Å². The summed E-state index contributed by atoms with van der Waals surface area (Å²) in [6, 6.07) is 7.83. The van der Waals surface area contributed by atoms with Gasteiger partial charge < -0.3 is 10.1 Å². The Bertz CT molecular complexity index is 629. The summed E-state index contributed by atoms with van der Waals surface area (Å²) in [5, 5.41) is 2.48. The number of hydrogen-bond donors (Lipinski definition) is 2. The van der Waals surface area contributed by atoms with Crippen molar-refractivity contribution in [1.29, 1.82) is 0 Å². The van der Waals surface area contributed by atoms with Gasteiger partial charge in [-0.2, -0.15) is 8.42 Å². The maximum absolute atomic E-state index is 12.3. The Morgan fingerprint density at radius 2 is 1.87 bits per heavy atom. The van der Waals surface area contributed by atoms with Gasteiger partial charge in [0.1, 0.15) is 6.04 Å². The smallest absolute Gasteiger partial charge is 0.328 e. The highest BCUT2D eigenvalue weighted by atomic mass is 32.2. The number of esters is 1. The summed E-state index contributed by atoms with van der Waals surface area (Å²) < 4.78 is 35.3. The van der Waals surface area contributed by atoms with Gasteiger partial charge in [0.25, 0.3) is 10.1 Å². The highest BCUT2D eigenvalue weighted by molar-refractivity contribution is 7.85. The molecule has 1 rings (SSSR count). The van der Waals surface area contributed by atoms with Gasteiger partial charge in [0.15, 0.2) is 0 Å². The van der Waals surface area contributed by atoms with E-state index in [4.69, 9.17) is 9.29 Å². The Morgan fingerprint density at radius 1 is 1.26 bits per heavy atom. The third kappa shape index (κ3) is 6.79. The van der Waals surface area contributed by atoms with Crippen molar-refractivity contribution in [3.63, 3.8) is 0 Å². The maximum atomic E-state index is 12.3. The molecule has 0 spiro atoms. The minimum atomic E-state index is -4.23. The Kier molecular flexibility index (Phi) is 7.18. The fourth-order valence-corrected chi connectivity index (χ4v) is 2.48. The molecule has 1 aromatic carbocycles. The van der Waals surface area contributed by atoms with Crippen LogP contribution in [0.2, 0.25) is 0 Å². The van der Waals surface area contributed by atoms with Crippen molar-refractivity contribution >= 4 is 22.0 Å². The van der Waals surface area contributed by atoms with Crippen LogP contribution >= 0.6 is 0 Å². The number of carbonyl (C=O) groups is 2. The SMILES string of the molecule is CCOC(=O)[C@H](CCS(=O)(=O)O)NC(=O)C(C)c1ccccc1. The predicted molar refractivity (Wildman–Crippen MR) is 84.5 cm³/mol. The number of benzene rings is 1. The number of carbonyl (C=O) groups excluding carboxylic acids is 2. The van der Waals surface area contributed by atoms with E-state index in [1.807, 2.05) is 6.07 Å². The second-order valence-corrected chi connectivity index (χ2v) is 6.59. The van der Waals surface area contributed by atoms with Crippen molar-refractivity contribution in [3.05, 3.63) is 35.9 Å². The minimum absolute atomic E-state index is 0.102. The number of nitrogens with one attached hydrogen (secondary N) is 1. The van der Waals surface area contributed by atoms with Crippen LogP contribution in [0.3, 0.4) is 0 Å². The van der Waals surface area contributed by atoms with E-state index in [-0.39, 0.29) is 13.0 Å². The summed E-state index contributed by atoms with van der Waals surface area (Å²) in [4.78, 5) is 24.1. The van der Waals surface area contributed by atoms with Crippen LogP contribution in [0.15, 0.2) is 30.3 Å². The zero-order valence-electron chi connectivity index (χ0n) is 13.1. The second-order valence-electron chi connectivity index (χ2n) is 5.02. The monoisotopic (exact) mass is 343 g/mol. The van der Waals surface area contributed by atoms with Crippen LogP contribution in [0, 0.1) is 0 Å². The highest BCUT2D eigenvalue weighted by Gasteiger charge is 2.26. The molecule has 0 fully saturated rings. The Morgan fingerprint density at radius 3 is 2.39 bits per heavy atom. The molecule has 0 bridgehead atoms. The number of rotatable bonds is 8. The molecule has 1 aromatic rings. The molecule has 8 heteroatoms. The molecule has 1 amide bonds. The van der Waals surface area contributed by atoms with Gasteiger partial charge in [0.05, 0.1) is 18.3 Å². The third-order valence-corrected chi connectivity index (χ3v) is 4.00. The summed E-state index contributed by atoms with van der Waals surface area (Å²) in [5.41, 5.74) is 0.766. The zero-order valence-corrected chi connectivity index (χ0v) is 13.9. The van der Waals surface area contributed by atoms with Crippen LogP contribution < -0.4 is 5.32 Å². The maximum Gasteiger partial charge on any atom is 0.328 e. The average molecular weight is 343 g/mol. The highest BCUT2D eigenvalue weighted by Crippen LogP contribution is 2.15. The lowest BCUT2D eigenvalue weighted by Crippen LogP contribution is -2.44. The average Bonchev–Trinajstić information content (AvgIpc) is 2.50. The van der Waals surface area contributed by atoms with Gasteiger partial charge in [-0.3, -0.25) is 9.35 Å². The van der Waals surface area contributed by atoms with Crippen LogP contribution in [0.4, 0.5) is 0 Å².